The summed E-state index contributed by atoms with van der Waals surface area (Å²) >= 11 is 3.38. The number of nitrogens with one attached hydrogen (secondary N) is 2. The zero-order chi connectivity index (χ0) is 15.2. The summed E-state index contributed by atoms with van der Waals surface area (Å²) in [5.41, 5.74) is 0.995. The maximum atomic E-state index is 12.2. The summed E-state index contributed by atoms with van der Waals surface area (Å²) in [5, 5.41) is 5.88. The standard InChI is InChI=1S/C15H16BrN3O2/c1-3-17-14-6-4-5-13(19-14)15(20)18-11-7-10(16)8-12(9-11)21-2/h4-9H,3H2,1-2H3,(H,17,19)(H,18,20). The molecule has 0 radical (unpaired) electrons. The van der Waals surface area contributed by atoms with Crippen LogP contribution in [0.4, 0.5) is 11.5 Å². The number of anilines is 2. The Morgan fingerprint density at radius 3 is 2.86 bits per heavy atom. The average Bonchev–Trinajstić information content (AvgIpc) is 2.47. The monoisotopic (exact) mass is 349 g/mol. The van der Waals surface area contributed by atoms with Crippen LogP contribution in [0, 0.1) is 0 Å². The fourth-order valence-corrected chi connectivity index (χ4v) is 2.26. The van der Waals surface area contributed by atoms with E-state index < -0.39 is 0 Å². The Morgan fingerprint density at radius 1 is 1.33 bits per heavy atom. The minimum atomic E-state index is -0.269. The molecule has 0 aliphatic rings. The van der Waals surface area contributed by atoms with Crippen LogP contribution >= 0.6 is 15.9 Å². The zero-order valence-corrected chi connectivity index (χ0v) is 13.4. The summed E-state index contributed by atoms with van der Waals surface area (Å²) in [6.45, 7) is 2.73. The number of halogens is 1. The molecule has 1 heterocycles. The Bertz CT molecular complexity index is 647. The summed E-state index contributed by atoms with van der Waals surface area (Å²) in [6.07, 6.45) is 0. The fourth-order valence-electron chi connectivity index (χ4n) is 1.79. The van der Waals surface area contributed by atoms with Crippen LogP contribution in [0.25, 0.3) is 0 Å². The van der Waals surface area contributed by atoms with Crippen LogP contribution in [0.2, 0.25) is 0 Å². The number of pyridine rings is 1. The fraction of sp³-hybridized carbons (Fsp3) is 0.200. The molecule has 2 rings (SSSR count). The highest BCUT2D eigenvalue weighted by Gasteiger charge is 2.09. The van der Waals surface area contributed by atoms with Gasteiger partial charge in [-0.1, -0.05) is 22.0 Å². The van der Waals surface area contributed by atoms with Crippen LogP contribution in [0.1, 0.15) is 17.4 Å². The smallest absolute Gasteiger partial charge is 0.274 e. The zero-order valence-electron chi connectivity index (χ0n) is 11.8. The molecule has 0 bridgehead atoms. The highest BCUT2D eigenvalue weighted by atomic mass is 79.9. The van der Waals surface area contributed by atoms with Crippen molar-refractivity contribution in [2.45, 2.75) is 6.92 Å². The van der Waals surface area contributed by atoms with Gasteiger partial charge in [0, 0.05) is 22.8 Å². The van der Waals surface area contributed by atoms with Crippen LogP contribution in [0.3, 0.4) is 0 Å². The molecule has 0 atom stereocenters. The Kier molecular flexibility index (Phi) is 5.16. The first kappa shape index (κ1) is 15.3. The summed E-state index contributed by atoms with van der Waals surface area (Å²) in [7, 11) is 1.58. The largest absolute Gasteiger partial charge is 0.497 e. The van der Waals surface area contributed by atoms with E-state index in [1.807, 2.05) is 19.1 Å². The molecule has 0 fully saturated rings. The maximum Gasteiger partial charge on any atom is 0.274 e. The van der Waals surface area contributed by atoms with Crippen LogP contribution in [-0.2, 0) is 0 Å². The highest BCUT2D eigenvalue weighted by molar-refractivity contribution is 9.10. The molecule has 1 aromatic carbocycles. The van der Waals surface area contributed by atoms with Crippen LogP contribution in [0.5, 0.6) is 5.75 Å². The minimum absolute atomic E-state index is 0.269. The topological polar surface area (TPSA) is 63.2 Å². The van der Waals surface area contributed by atoms with Gasteiger partial charge in [-0.3, -0.25) is 4.79 Å². The third-order valence-electron chi connectivity index (χ3n) is 2.70. The van der Waals surface area contributed by atoms with Gasteiger partial charge in [-0.2, -0.15) is 0 Å². The van der Waals surface area contributed by atoms with Gasteiger partial charge in [0.1, 0.15) is 17.3 Å². The van der Waals surface area contributed by atoms with E-state index in [4.69, 9.17) is 4.74 Å². The third-order valence-corrected chi connectivity index (χ3v) is 3.16. The van der Waals surface area contributed by atoms with Gasteiger partial charge in [0.15, 0.2) is 0 Å². The number of carbonyl (C=O) groups excluding carboxylic acids is 1. The van der Waals surface area contributed by atoms with Gasteiger partial charge in [-0.15, -0.1) is 0 Å². The van der Waals surface area contributed by atoms with Crippen molar-refractivity contribution < 1.29 is 9.53 Å². The van der Waals surface area contributed by atoms with Gasteiger partial charge in [0.05, 0.1) is 7.11 Å². The molecule has 5 nitrogen and oxygen atoms in total. The molecule has 1 amide bonds. The Morgan fingerprint density at radius 2 is 2.14 bits per heavy atom. The number of carbonyl (C=O) groups is 1. The van der Waals surface area contributed by atoms with Gasteiger partial charge in [-0.25, -0.2) is 4.98 Å². The molecule has 0 saturated carbocycles. The Labute approximate surface area is 131 Å². The van der Waals surface area contributed by atoms with Crippen molar-refractivity contribution in [1.82, 2.24) is 4.98 Å². The molecule has 0 aliphatic carbocycles. The van der Waals surface area contributed by atoms with Crippen molar-refractivity contribution in [3.63, 3.8) is 0 Å². The minimum Gasteiger partial charge on any atom is -0.497 e. The third kappa shape index (κ3) is 4.19. The Hall–Kier alpha value is -2.08. The van der Waals surface area contributed by atoms with Crippen LogP contribution in [-0.4, -0.2) is 24.5 Å². The number of nitrogens with zero attached hydrogens (tertiary/aromatic N) is 1. The maximum absolute atomic E-state index is 12.2. The van der Waals surface area contributed by atoms with Crippen molar-refractivity contribution in [2.75, 3.05) is 24.3 Å². The number of aromatic nitrogens is 1. The van der Waals surface area contributed by atoms with Crippen molar-refractivity contribution in [2.24, 2.45) is 0 Å². The van der Waals surface area contributed by atoms with E-state index in [2.05, 4.69) is 31.5 Å². The quantitative estimate of drug-likeness (QED) is 0.866. The molecule has 6 heteroatoms. The van der Waals surface area contributed by atoms with Gasteiger partial charge < -0.3 is 15.4 Å². The van der Waals surface area contributed by atoms with Crippen LogP contribution < -0.4 is 15.4 Å². The number of hydrogen-bond acceptors (Lipinski definition) is 4. The SMILES string of the molecule is CCNc1cccc(C(=O)Nc2cc(Br)cc(OC)c2)n1. The molecule has 2 N–H and O–H groups in total. The van der Waals surface area contributed by atoms with Crippen molar-refractivity contribution in [1.29, 1.82) is 0 Å². The van der Waals surface area contributed by atoms with Crippen molar-refractivity contribution >= 4 is 33.3 Å². The van der Waals surface area contributed by atoms with E-state index in [9.17, 15) is 4.79 Å². The molecular formula is C15H16BrN3O2. The lowest BCUT2D eigenvalue weighted by molar-refractivity contribution is 0.102. The lowest BCUT2D eigenvalue weighted by atomic mass is 10.2. The molecule has 0 aliphatic heterocycles. The normalized spacial score (nSPS) is 10.0. The second-order valence-corrected chi connectivity index (χ2v) is 5.19. The van der Waals surface area contributed by atoms with E-state index in [-0.39, 0.29) is 5.91 Å². The van der Waals surface area contributed by atoms with Gasteiger partial charge >= 0.3 is 0 Å². The number of hydrogen-bond donors (Lipinski definition) is 2. The first-order chi connectivity index (χ1) is 10.1. The lowest BCUT2D eigenvalue weighted by Gasteiger charge is -2.09. The molecule has 1 aromatic heterocycles. The number of benzene rings is 1. The first-order valence-electron chi connectivity index (χ1n) is 6.49. The number of amides is 1. The summed E-state index contributed by atoms with van der Waals surface area (Å²) in [5.74, 6) is 1.07. The van der Waals surface area contributed by atoms with Gasteiger partial charge in [0.2, 0.25) is 0 Å². The van der Waals surface area contributed by atoms with Gasteiger partial charge in [-0.05, 0) is 31.2 Å². The van der Waals surface area contributed by atoms with Crippen LogP contribution in [0.15, 0.2) is 40.9 Å². The first-order valence-corrected chi connectivity index (χ1v) is 7.28. The summed E-state index contributed by atoms with van der Waals surface area (Å²) in [4.78, 5) is 16.5. The molecule has 110 valence electrons. The molecular weight excluding hydrogens is 334 g/mol. The van der Waals surface area contributed by atoms with E-state index in [1.165, 1.54) is 0 Å². The predicted octanol–water partition coefficient (Wildman–Crippen LogP) is 3.54. The molecule has 0 spiro atoms. The molecule has 0 unspecified atom stereocenters. The lowest BCUT2D eigenvalue weighted by Crippen LogP contribution is -2.14. The second kappa shape index (κ2) is 7.08. The summed E-state index contributed by atoms with van der Waals surface area (Å²) in [6, 6.07) is 10.7. The molecule has 21 heavy (non-hydrogen) atoms. The number of rotatable bonds is 5. The summed E-state index contributed by atoms with van der Waals surface area (Å²) < 4.78 is 5.99. The van der Waals surface area contributed by atoms with Crippen molar-refractivity contribution in [3.05, 3.63) is 46.6 Å². The predicted molar refractivity (Wildman–Crippen MR) is 87.0 cm³/mol. The molecule has 0 saturated heterocycles. The second-order valence-electron chi connectivity index (χ2n) is 4.27. The average molecular weight is 350 g/mol. The highest BCUT2D eigenvalue weighted by Crippen LogP contribution is 2.24. The number of methoxy groups -OCH3 is 1. The number of ether oxygens (including phenoxy) is 1. The van der Waals surface area contributed by atoms with E-state index in [0.29, 0.717) is 22.9 Å². The Balaban J connectivity index is 2.17. The van der Waals surface area contributed by atoms with E-state index in [0.717, 1.165) is 11.0 Å². The van der Waals surface area contributed by atoms with Crippen molar-refractivity contribution in [3.8, 4) is 5.75 Å². The molecule has 2 aromatic rings. The van der Waals surface area contributed by atoms with Gasteiger partial charge in [0.25, 0.3) is 5.91 Å². The van der Waals surface area contributed by atoms with E-state index in [1.54, 1.807) is 31.4 Å². The van der Waals surface area contributed by atoms with E-state index >= 15 is 0 Å².